The molecule has 2 unspecified atom stereocenters. The van der Waals surface area contributed by atoms with Crippen LogP contribution in [0, 0.1) is 5.92 Å². The average molecular weight is 293 g/mol. The Kier molecular flexibility index (Phi) is 5.10. The Hall–Kier alpha value is -2.15. The lowest BCUT2D eigenvalue weighted by atomic mass is 10.0. The number of pyridine rings is 1. The van der Waals surface area contributed by atoms with E-state index in [0.717, 1.165) is 5.69 Å². The number of nitrogens with one attached hydrogen (secondary N) is 1. The van der Waals surface area contributed by atoms with Crippen molar-refractivity contribution in [1.82, 2.24) is 15.2 Å². The molecule has 2 rings (SSSR count). The van der Waals surface area contributed by atoms with Crippen molar-refractivity contribution >= 4 is 12.0 Å². The number of urea groups is 1. The third kappa shape index (κ3) is 3.91. The van der Waals surface area contributed by atoms with Crippen molar-refractivity contribution in [2.45, 2.75) is 12.5 Å². The van der Waals surface area contributed by atoms with Gasteiger partial charge in [-0.3, -0.25) is 9.78 Å². The van der Waals surface area contributed by atoms with Crippen LogP contribution in [0.15, 0.2) is 24.4 Å². The molecule has 1 aliphatic heterocycles. The molecule has 2 amide bonds. The maximum absolute atomic E-state index is 12.0. The number of rotatable bonds is 5. The molecule has 0 aliphatic carbocycles. The molecule has 1 aromatic heterocycles. The van der Waals surface area contributed by atoms with Crippen molar-refractivity contribution in [1.29, 1.82) is 0 Å². The highest BCUT2D eigenvalue weighted by atomic mass is 16.5. The Bertz CT molecular complexity index is 494. The quantitative estimate of drug-likeness (QED) is 0.818. The van der Waals surface area contributed by atoms with Gasteiger partial charge in [0.1, 0.15) is 5.92 Å². The van der Waals surface area contributed by atoms with Crippen molar-refractivity contribution in [2.75, 3.05) is 26.8 Å². The number of aromatic nitrogens is 1. The Morgan fingerprint density at radius 3 is 2.95 bits per heavy atom. The van der Waals surface area contributed by atoms with Gasteiger partial charge in [0.05, 0.1) is 19.3 Å². The smallest absolute Gasteiger partial charge is 0.317 e. The number of carboxylic acid groups (broad SMARTS) is 1. The number of hydrogen-bond donors (Lipinski definition) is 2. The maximum Gasteiger partial charge on any atom is 0.317 e. The summed E-state index contributed by atoms with van der Waals surface area (Å²) in [6.45, 7) is 0.845. The normalized spacial score (nSPS) is 21.0. The fraction of sp³-hybridized carbons (Fsp3) is 0.500. The first-order chi connectivity index (χ1) is 10.1. The molecule has 2 atom stereocenters. The van der Waals surface area contributed by atoms with E-state index in [9.17, 15) is 9.59 Å². The molecule has 21 heavy (non-hydrogen) atoms. The number of carbonyl (C=O) groups excluding carboxylic acids is 1. The highest BCUT2D eigenvalue weighted by molar-refractivity contribution is 5.77. The molecule has 114 valence electrons. The lowest BCUT2D eigenvalue weighted by Gasteiger charge is -2.26. The zero-order valence-corrected chi connectivity index (χ0v) is 11.9. The van der Waals surface area contributed by atoms with Crippen LogP contribution in [-0.4, -0.2) is 59.8 Å². The molecule has 1 fully saturated rings. The number of amides is 2. The van der Waals surface area contributed by atoms with E-state index < -0.39 is 17.9 Å². The molecule has 1 saturated heterocycles. The van der Waals surface area contributed by atoms with Crippen LogP contribution in [0.25, 0.3) is 0 Å². The van der Waals surface area contributed by atoms with E-state index in [-0.39, 0.29) is 19.2 Å². The SMILES string of the molecule is CN(C(=O)NCCc1ccccn1)C1COCC1C(=O)O. The summed E-state index contributed by atoms with van der Waals surface area (Å²) in [5.74, 6) is -1.61. The number of aliphatic carboxylic acids is 1. The first kappa shape index (κ1) is 15.2. The maximum atomic E-state index is 12.0. The number of nitrogens with zero attached hydrogens (tertiary/aromatic N) is 2. The highest BCUT2D eigenvalue weighted by Gasteiger charge is 2.38. The van der Waals surface area contributed by atoms with E-state index in [1.165, 1.54) is 4.90 Å². The molecule has 2 N–H and O–H groups in total. The van der Waals surface area contributed by atoms with Gasteiger partial charge in [0.25, 0.3) is 0 Å². The minimum atomic E-state index is -0.939. The van der Waals surface area contributed by atoms with Gasteiger partial charge in [0.2, 0.25) is 0 Å². The van der Waals surface area contributed by atoms with Gasteiger partial charge in [-0.15, -0.1) is 0 Å². The average Bonchev–Trinajstić information content (AvgIpc) is 2.97. The Morgan fingerprint density at radius 1 is 1.48 bits per heavy atom. The number of likely N-dealkylation sites (N-methyl/N-ethyl adjacent to an activating group) is 1. The van der Waals surface area contributed by atoms with E-state index in [1.807, 2.05) is 18.2 Å². The summed E-state index contributed by atoms with van der Waals surface area (Å²) in [7, 11) is 1.59. The predicted octanol–water partition coefficient (Wildman–Crippen LogP) is 0.365. The molecule has 7 nitrogen and oxygen atoms in total. The molecule has 0 radical (unpaired) electrons. The summed E-state index contributed by atoms with van der Waals surface area (Å²) in [6.07, 6.45) is 2.33. The third-order valence-electron chi connectivity index (χ3n) is 3.57. The van der Waals surface area contributed by atoms with Gasteiger partial charge in [-0.25, -0.2) is 4.79 Å². The van der Waals surface area contributed by atoms with Crippen LogP contribution in [0.4, 0.5) is 4.79 Å². The molecule has 0 spiro atoms. The molecule has 0 saturated carbocycles. The summed E-state index contributed by atoms with van der Waals surface area (Å²) in [5, 5.41) is 11.9. The zero-order chi connectivity index (χ0) is 15.2. The fourth-order valence-corrected chi connectivity index (χ4v) is 2.28. The highest BCUT2D eigenvalue weighted by Crippen LogP contribution is 2.18. The second-order valence-electron chi connectivity index (χ2n) is 4.96. The number of carbonyl (C=O) groups is 2. The Balaban J connectivity index is 1.81. The first-order valence-corrected chi connectivity index (χ1v) is 6.80. The van der Waals surface area contributed by atoms with Gasteiger partial charge in [0.15, 0.2) is 0 Å². The molecule has 0 bridgehead atoms. The van der Waals surface area contributed by atoms with Crippen molar-refractivity contribution in [3.05, 3.63) is 30.1 Å². The van der Waals surface area contributed by atoms with Crippen molar-refractivity contribution < 1.29 is 19.4 Å². The monoisotopic (exact) mass is 293 g/mol. The van der Waals surface area contributed by atoms with Gasteiger partial charge in [-0.1, -0.05) is 6.07 Å². The molecule has 7 heteroatoms. The standard InChI is InChI=1S/C14H19N3O4/c1-17(12-9-21-8-11(12)13(18)19)14(20)16-7-5-10-4-2-3-6-15-10/h2-4,6,11-12H,5,7-9H2,1H3,(H,16,20)(H,18,19). The molecule has 1 aromatic rings. The van der Waals surface area contributed by atoms with Gasteiger partial charge in [-0.2, -0.15) is 0 Å². The molecule has 2 heterocycles. The van der Waals surface area contributed by atoms with E-state index in [0.29, 0.717) is 13.0 Å². The predicted molar refractivity (Wildman–Crippen MR) is 74.8 cm³/mol. The van der Waals surface area contributed by atoms with Crippen molar-refractivity contribution in [3.63, 3.8) is 0 Å². The number of ether oxygens (including phenoxy) is 1. The van der Waals surface area contributed by atoms with Crippen molar-refractivity contribution in [3.8, 4) is 0 Å². The lowest BCUT2D eigenvalue weighted by Crippen LogP contribution is -2.48. The van der Waals surface area contributed by atoms with Crippen LogP contribution in [0.3, 0.4) is 0 Å². The second-order valence-corrected chi connectivity index (χ2v) is 4.96. The van der Waals surface area contributed by atoms with Gasteiger partial charge < -0.3 is 20.1 Å². The number of hydrogen-bond acceptors (Lipinski definition) is 4. The third-order valence-corrected chi connectivity index (χ3v) is 3.57. The van der Waals surface area contributed by atoms with Crippen LogP contribution in [0.1, 0.15) is 5.69 Å². The van der Waals surface area contributed by atoms with E-state index in [1.54, 1.807) is 13.2 Å². The Labute approximate surface area is 122 Å². The minimum absolute atomic E-state index is 0.144. The summed E-state index contributed by atoms with van der Waals surface area (Å²) >= 11 is 0. The fourth-order valence-electron chi connectivity index (χ4n) is 2.28. The number of carboxylic acids is 1. The van der Waals surface area contributed by atoms with Crippen molar-refractivity contribution in [2.24, 2.45) is 5.92 Å². The molecular weight excluding hydrogens is 274 g/mol. The first-order valence-electron chi connectivity index (χ1n) is 6.80. The van der Waals surface area contributed by atoms with Gasteiger partial charge >= 0.3 is 12.0 Å². The van der Waals surface area contributed by atoms with Gasteiger partial charge in [-0.05, 0) is 12.1 Å². The van der Waals surface area contributed by atoms with Gasteiger partial charge in [0, 0.05) is 31.9 Å². The summed E-state index contributed by atoms with van der Waals surface area (Å²) in [5.41, 5.74) is 0.896. The molecule has 0 aromatic carbocycles. The molecular formula is C14H19N3O4. The van der Waals surface area contributed by atoms with E-state index >= 15 is 0 Å². The van der Waals surface area contributed by atoms with E-state index in [4.69, 9.17) is 9.84 Å². The molecule has 1 aliphatic rings. The Morgan fingerprint density at radius 2 is 2.29 bits per heavy atom. The van der Waals surface area contributed by atoms with Crippen LogP contribution in [0.2, 0.25) is 0 Å². The summed E-state index contributed by atoms with van der Waals surface area (Å²) in [6, 6.07) is 4.89. The van der Waals surface area contributed by atoms with Crippen LogP contribution in [-0.2, 0) is 16.0 Å². The lowest BCUT2D eigenvalue weighted by molar-refractivity contribution is -0.142. The minimum Gasteiger partial charge on any atom is -0.481 e. The van der Waals surface area contributed by atoms with E-state index in [2.05, 4.69) is 10.3 Å². The summed E-state index contributed by atoms with van der Waals surface area (Å²) in [4.78, 5) is 28.7. The van der Waals surface area contributed by atoms with Crippen LogP contribution in [0.5, 0.6) is 0 Å². The zero-order valence-electron chi connectivity index (χ0n) is 11.9. The topological polar surface area (TPSA) is 91.8 Å². The second kappa shape index (κ2) is 7.03. The van der Waals surface area contributed by atoms with Crippen LogP contribution < -0.4 is 5.32 Å². The van der Waals surface area contributed by atoms with Crippen LogP contribution >= 0.6 is 0 Å². The summed E-state index contributed by atoms with van der Waals surface area (Å²) < 4.78 is 5.16. The largest absolute Gasteiger partial charge is 0.481 e.